The van der Waals surface area contributed by atoms with Crippen LogP contribution in [0, 0.1) is 11.8 Å². The monoisotopic (exact) mass is 686 g/mol. The maximum absolute atomic E-state index is 12.7. The van der Waals surface area contributed by atoms with Gasteiger partial charge in [0.15, 0.2) is 5.78 Å². The predicted octanol–water partition coefficient (Wildman–Crippen LogP) is 5.62. The molecule has 51 heavy (non-hydrogen) atoms. The number of cyclic esters (lactones) is 4. The van der Waals surface area contributed by atoms with E-state index in [1.807, 2.05) is 6.07 Å². The van der Waals surface area contributed by atoms with Crippen molar-refractivity contribution in [3.8, 4) is 17.2 Å². The average molecular weight is 687 g/mol. The van der Waals surface area contributed by atoms with E-state index in [2.05, 4.69) is 0 Å². The highest BCUT2D eigenvalue weighted by Gasteiger charge is 2.53. The van der Waals surface area contributed by atoms with E-state index in [4.69, 9.17) is 23.7 Å². The van der Waals surface area contributed by atoms with Crippen molar-refractivity contribution in [1.29, 1.82) is 0 Å². The Morgan fingerprint density at radius 1 is 0.647 bits per heavy atom. The maximum atomic E-state index is 12.7. The van der Waals surface area contributed by atoms with Crippen molar-refractivity contribution in [3.05, 3.63) is 131 Å². The molecule has 0 amide bonds. The Morgan fingerprint density at radius 3 is 2.02 bits per heavy atom. The highest BCUT2D eigenvalue weighted by molar-refractivity contribution is 6.06. The maximum Gasteiger partial charge on any atom is 0.343 e. The lowest BCUT2D eigenvalue weighted by molar-refractivity contribution is -0.155. The minimum absolute atomic E-state index is 0.0894. The molecule has 0 radical (unpaired) electrons. The molecule has 1 aliphatic carbocycles. The standard InChI is InChI=1S/C40H30O11/c41-34(24-4-2-1-3-5-24)17-8-23-6-11-27(12-7-23)49-37(43)25-9-13-26(14-10-25)47-18-19-48-28-15-16-29-30(32-22-35(42)50-38(32)44)21-33-36(31(29)20-28)40(46)51-39(33)45/h1-17,20,30,32-33,36H,18-19,21-22H2/b17-8+. The average Bonchev–Trinajstić information content (AvgIpc) is 3.64. The van der Waals surface area contributed by atoms with Gasteiger partial charge in [0.2, 0.25) is 0 Å². The molecule has 4 aromatic carbocycles. The number of hydrogen-bond donors (Lipinski definition) is 0. The van der Waals surface area contributed by atoms with Gasteiger partial charge in [-0.2, -0.15) is 0 Å². The largest absolute Gasteiger partial charge is 0.490 e. The second-order valence-corrected chi connectivity index (χ2v) is 12.3. The van der Waals surface area contributed by atoms with E-state index in [9.17, 15) is 28.8 Å². The molecule has 2 heterocycles. The summed E-state index contributed by atoms with van der Waals surface area (Å²) in [5.74, 6) is -4.73. The smallest absolute Gasteiger partial charge is 0.343 e. The zero-order chi connectivity index (χ0) is 35.5. The van der Waals surface area contributed by atoms with Crippen molar-refractivity contribution in [2.45, 2.75) is 24.7 Å². The number of fused-ring (bicyclic) bond motifs is 3. The first kappa shape index (κ1) is 33.2. The molecular formula is C40H30O11. The van der Waals surface area contributed by atoms with Crippen molar-refractivity contribution in [1.82, 2.24) is 0 Å². The first-order valence-corrected chi connectivity index (χ1v) is 16.3. The Balaban J connectivity index is 0.914. The van der Waals surface area contributed by atoms with Crippen molar-refractivity contribution >= 4 is 41.7 Å². The van der Waals surface area contributed by atoms with Gasteiger partial charge >= 0.3 is 29.8 Å². The molecule has 0 aromatic heterocycles. The van der Waals surface area contributed by atoms with Crippen molar-refractivity contribution < 1.29 is 52.5 Å². The molecule has 0 spiro atoms. The fourth-order valence-electron chi connectivity index (χ4n) is 6.63. The summed E-state index contributed by atoms with van der Waals surface area (Å²) in [4.78, 5) is 74.3. The van der Waals surface area contributed by atoms with Crippen LogP contribution >= 0.6 is 0 Å². The number of allylic oxidation sites excluding steroid dienone is 1. The molecule has 2 fully saturated rings. The number of benzene rings is 4. The fourth-order valence-corrected chi connectivity index (χ4v) is 6.63. The van der Waals surface area contributed by atoms with Crippen LogP contribution in [0.4, 0.5) is 0 Å². The summed E-state index contributed by atoms with van der Waals surface area (Å²) in [5.41, 5.74) is 2.91. The zero-order valence-electron chi connectivity index (χ0n) is 27.0. The van der Waals surface area contributed by atoms with Crippen molar-refractivity contribution in [2.24, 2.45) is 11.8 Å². The molecule has 11 nitrogen and oxygen atoms in total. The van der Waals surface area contributed by atoms with Gasteiger partial charge in [-0.05, 0) is 83.6 Å². The normalized spacial score (nSPS) is 20.7. The quantitative estimate of drug-likeness (QED) is 0.0483. The second kappa shape index (κ2) is 14.2. The SMILES string of the molecule is O=C1CC(C2CC3C(=O)OC(=O)C3c3cc(OCCOc4ccc(C(=O)Oc5ccc(/C=C/C(=O)c6ccccc6)cc5)cc4)ccc32)C(=O)O1. The third kappa shape index (κ3) is 7.18. The number of rotatable bonds is 11. The molecule has 11 heteroatoms. The first-order valence-electron chi connectivity index (χ1n) is 16.3. The molecule has 0 bridgehead atoms. The Labute approximate surface area is 291 Å². The Hall–Kier alpha value is -6.36. The number of esters is 5. The third-order valence-electron chi connectivity index (χ3n) is 9.14. The molecule has 2 saturated heterocycles. The lowest BCUT2D eigenvalue weighted by atomic mass is 9.67. The van der Waals surface area contributed by atoms with Gasteiger partial charge in [-0.25, -0.2) is 4.79 Å². The van der Waals surface area contributed by atoms with Crippen LogP contribution in [0.5, 0.6) is 17.2 Å². The van der Waals surface area contributed by atoms with Gasteiger partial charge in [0, 0.05) is 5.56 Å². The Bertz CT molecular complexity index is 2050. The van der Waals surface area contributed by atoms with E-state index < -0.39 is 53.5 Å². The number of hydrogen-bond acceptors (Lipinski definition) is 11. The summed E-state index contributed by atoms with van der Waals surface area (Å²) >= 11 is 0. The molecule has 2 aliphatic heterocycles. The first-order chi connectivity index (χ1) is 24.7. The van der Waals surface area contributed by atoms with Crippen molar-refractivity contribution in [2.75, 3.05) is 13.2 Å². The summed E-state index contributed by atoms with van der Waals surface area (Å²) < 4.78 is 26.8. The predicted molar refractivity (Wildman–Crippen MR) is 179 cm³/mol. The van der Waals surface area contributed by atoms with Crippen molar-refractivity contribution in [3.63, 3.8) is 0 Å². The van der Waals surface area contributed by atoms with Gasteiger partial charge in [0.1, 0.15) is 30.5 Å². The van der Waals surface area contributed by atoms with Crippen LogP contribution < -0.4 is 14.2 Å². The minimum atomic E-state index is -0.819. The van der Waals surface area contributed by atoms with Gasteiger partial charge < -0.3 is 23.7 Å². The Kier molecular flexibility index (Phi) is 9.26. The molecule has 0 N–H and O–H groups in total. The minimum Gasteiger partial charge on any atom is -0.490 e. The van der Waals surface area contributed by atoms with Gasteiger partial charge in [-0.15, -0.1) is 0 Å². The number of ether oxygens (including phenoxy) is 5. The highest BCUT2D eigenvalue weighted by atomic mass is 16.6. The van der Waals surface area contributed by atoms with Crippen LogP contribution in [0.1, 0.15) is 62.1 Å². The van der Waals surface area contributed by atoms with Gasteiger partial charge in [-0.1, -0.05) is 54.6 Å². The summed E-state index contributed by atoms with van der Waals surface area (Å²) in [6.07, 6.45) is 3.30. The summed E-state index contributed by atoms with van der Waals surface area (Å²) in [6, 6.07) is 27.3. The second-order valence-electron chi connectivity index (χ2n) is 12.3. The summed E-state index contributed by atoms with van der Waals surface area (Å²) in [7, 11) is 0. The number of carbonyl (C=O) groups excluding carboxylic acids is 6. The highest BCUT2D eigenvalue weighted by Crippen LogP contribution is 2.51. The van der Waals surface area contributed by atoms with Gasteiger partial charge in [-0.3, -0.25) is 24.0 Å². The Morgan fingerprint density at radius 2 is 1.31 bits per heavy atom. The van der Waals surface area contributed by atoms with E-state index in [-0.39, 0.29) is 31.8 Å². The molecular weight excluding hydrogens is 656 g/mol. The van der Waals surface area contributed by atoms with Crippen LogP contribution in [0.3, 0.4) is 0 Å². The molecule has 3 aliphatic rings. The van der Waals surface area contributed by atoms with Gasteiger partial charge in [0.05, 0.1) is 29.7 Å². The van der Waals surface area contributed by atoms with E-state index in [0.29, 0.717) is 39.5 Å². The lowest BCUT2D eigenvalue weighted by Crippen LogP contribution is -2.31. The van der Waals surface area contributed by atoms with E-state index in [0.717, 1.165) is 5.56 Å². The zero-order valence-corrected chi connectivity index (χ0v) is 27.0. The number of ketones is 1. The molecule has 4 aromatic rings. The van der Waals surface area contributed by atoms with Gasteiger partial charge in [0.25, 0.3) is 0 Å². The fraction of sp³-hybridized carbons (Fsp3) is 0.200. The molecule has 4 unspecified atom stereocenters. The third-order valence-corrected chi connectivity index (χ3v) is 9.14. The molecule has 4 atom stereocenters. The van der Waals surface area contributed by atoms with E-state index >= 15 is 0 Å². The van der Waals surface area contributed by atoms with Crippen LogP contribution in [0.15, 0.2) is 103 Å². The van der Waals surface area contributed by atoms with Crippen LogP contribution in [0.2, 0.25) is 0 Å². The van der Waals surface area contributed by atoms with Crippen LogP contribution in [-0.2, 0) is 28.7 Å². The summed E-state index contributed by atoms with van der Waals surface area (Å²) in [5, 5.41) is 0. The van der Waals surface area contributed by atoms with Crippen LogP contribution in [-0.4, -0.2) is 48.8 Å². The van der Waals surface area contributed by atoms with E-state index in [1.54, 1.807) is 97.1 Å². The number of carbonyl (C=O) groups is 6. The topological polar surface area (TPSA) is 149 Å². The molecule has 7 rings (SSSR count). The lowest BCUT2D eigenvalue weighted by Gasteiger charge is -2.33. The molecule has 256 valence electrons. The van der Waals surface area contributed by atoms with E-state index in [1.165, 1.54) is 6.08 Å². The summed E-state index contributed by atoms with van der Waals surface area (Å²) in [6.45, 7) is 0.294. The molecule has 0 saturated carbocycles. The van der Waals surface area contributed by atoms with Crippen LogP contribution in [0.25, 0.3) is 6.08 Å².